The number of anilines is 1. The summed E-state index contributed by atoms with van der Waals surface area (Å²) in [5.41, 5.74) is 2.15. The Hall–Kier alpha value is -2.73. The number of benzene rings is 2. The molecule has 3 rings (SSSR count). The first-order valence-electron chi connectivity index (χ1n) is 9.49. The van der Waals surface area contributed by atoms with Gasteiger partial charge in [0, 0.05) is 11.7 Å². The molecule has 1 amide bonds. The van der Waals surface area contributed by atoms with Crippen molar-refractivity contribution in [3.63, 3.8) is 0 Å². The number of rotatable bonds is 6. The quantitative estimate of drug-likeness (QED) is 0.656. The van der Waals surface area contributed by atoms with E-state index in [1.165, 1.54) is 19.2 Å². The molecule has 0 saturated heterocycles. The third kappa shape index (κ3) is 4.17. The Morgan fingerprint density at radius 3 is 2.69 bits per heavy atom. The smallest absolute Gasteiger partial charge is 0.339 e. The minimum Gasteiger partial charge on any atom is -0.493 e. The maximum Gasteiger partial charge on any atom is 0.339 e. The Morgan fingerprint density at radius 1 is 1.28 bits per heavy atom. The molecule has 1 aliphatic heterocycles. The van der Waals surface area contributed by atoms with Gasteiger partial charge in [0.1, 0.15) is 0 Å². The fourth-order valence-electron chi connectivity index (χ4n) is 3.50. The highest BCUT2D eigenvalue weighted by Gasteiger charge is 2.34. The predicted octanol–water partition coefficient (Wildman–Crippen LogP) is 4.27. The zero-order valence-corrected chi connectivity index (χ0v) is 17.7. The fourth-order valence-corrected chi connectivity index (χ4v) is 3.76. The first kappa shape index (κ1) is 21.0. The van der Waals surface area contributed by atoms with Crippen LogP contribution < -0.4 is 14.4 Å². The Balaban J connectivity index is 1.77. The van der Waals surface area contributed by atoms with E-state index in [2.05, 4.69) is 0 Å². The van der Waals surface area contributed by atoms with Crippen LogP contribution in [0, 0.1) is 0 Å². The molecule has 2 aromatic rings. The third-order valence-electron chi connectivity index (χ3n) is 4.83. The van der Waals surface area contributed by atoms with Crippen LogP contribution in [0.25, 0.3) is 0 Å². The number of amides is 1. The molecule has 0 aromatic heterocycles. The lowest BCUT2D eigenvalue weighted by Crippen LogP contribution is -2.43. The molecule has 0 aliphatic carbocycles. The van der Waals surface area contributed by atoms with Crippen molar-refractivity contribution in [1.82, 2.24) is 0 Å². The average molecular weight is 418 g/mol. The van der Waals surface area contributed by atoms with Crippen molar-refractivity contribution in [2.75, 3.05) is 18.6 Å². The van der Waals surface area contributed by atoms with Crippen molar-refractivity contribution < 1.29 is 23.8 Å². The number of hydrogen-bond acceptors (Lipinski definition) is 5. The second-order valence-corrected chi connectivity index (χ2v) is 7.27. The molecule has 0 bridgehead atoms. The van der Waals surface area contributed by atoms with Crippen LogP contribution in [0.2, 0.25) is 5.02 Å². The molecule has 0 radical (unpaired) electrons. The molecule has 0 spiro atoms. The summed E-state index contributed by atoms with van der Waals surface area (Å²) in [6.07, 6.45) is -0.179. The number of fused-ring (bicyclic) bond motifs is 1. The highest BCUT2D eigenvalue weighted by atomic mass is 35.5. The maximum atomic E-state index is 13.0. The van der Waals surface area contributed by atoms with E-state index in [0.29, 0.717) is 18.1 Å². The Bertz CT molecular complexity index is 929. The molecule has 0 saturated carbocycles. The highest BCUT2D eigenvalue weighted by molar-refractivity contribution is 6.32. The summed E-state index contributed by atoms with van der Waals surface area (Å²) >= 11 is 6.23. The molecule has 2 aromatic carbocycles. The van der Waals surface area contributed by atoms with E-state index in [1.54, 1.807) is 11.8 Å². The van der Waals surface area contributed by atoms with Gasteiger partial charge in [-0.1, -0.05) is 29.8 Å². The minimum atomic E-state index is -0.951. The molecule has 1 heterocycles. The van der Waals surface area contributed by atoms with E-state index in [1.807, 2.05) is 38.1 Å². The van der Waals surface area contributed by atoms with Crippen molar-refractivity contribution in [1.29, 1.82) is 0 Å². The van der Waals surface area contributed by atoms with E-state index >= 15 is 0 Å². The summed E-state index contributed by atoms with van der Waals surface area (Å²) in [7, 11) is 1.46. The third-order valence-corrected chi connectivity index (χ3v) is 5.11. The maximum absolute atomic E-state index is 13.0. The molecule has 154 valence electrons. The van der Waals surface area contributed by atoms with Crippen molar-refractivity contribution >= 4 is 29.2 Å². The van der Waals surface area contributed by atoms with Crippen LogP contribution in [-0.4, -0.2) is 37.7 Å². The Morgan fingerprint density at radius 2 is 2.00 bits per heavy atom. The van der Waals surface area contributed by atoms with Crippen molar-refractivity contribution in [3.8, 4) is 11.5 Å². The predicted molar refractivity (Wildman–Crippen MR) is 111 cm³/mol. The molecule has 0 unspecified atom stereocenters. The normalized spacial score (nSPS) is 16.2. The second kappa shape index (κ2) is 8.74. The first-order chi connectivity index (χ1) is 13.9. The largest absolute Gasteiger partial charge is 0.493 e. The van der Waals surface area contributed by atoms with Crippen molar-refractivity contribution in [3.05, 3.63) is 52.5 Å². The summed E-state index contributed by atoms with van der Waals surface area (Å²) in [5.74, 6) is -0.235. The SMILES string of the molecule is CCOc1c(Cl)cc(C(=O)O[C@H](C)C(=O)N2c3ccccc3C[C@@H]2C)cc1OC. The summed E-state index contributed by atoms with van der Waals surface area (Å²) in [6, 6.07) is 10.7. The van der Waals surface area contributed by atoms with Gasteiger partial charge >= 0.3 is 5.97 Å². The number of hydrogen-bond donors (Lipinski definition) is 0. The van der Waals surface area contributed by atoms with Crippen molar-refractivity contribution in [2.24, 2.45) is 0 Å². The van der Waals surface area contributed by atoms with Crippen LogP contribution >= 0.6 is 11.6 Å². The van der Waals surface area contributed by atoms with Gasteiger partial charge in [0.05, 0.1) is 24.3 Å². The van der Waals surface area contributed by atoms with E-state index in [4.69, 9.17) is 25.8 Å². The van der Waals surface area contributed by atoms with E-state index in [0.717, 1.165) is 17.7 Å². The second-order valence-electron chi connectivity index (χ2n) is 6.86. The molecule has 29 heavy (non-hydrogen) atoms. The number of carbonyl (C=O) groups is 2. The molecule has 1 aliphatic rings. The first-order valence-corrected chi connectivity index (χ1v) is 9.87. The number of nitrogens with zero attached hydrogens (tertiary/aromatic N) is 1. The van der Waals surface area contributed by atoms with Gasteiger partial charge in [-0.3, -0.25) is 4.79 Å². The highest BCUT2D eigenvalue weighted by Crippen LogP contribution is 2.37. The number of para-hydroxylation sites is 1. The standard InChI is InChI=1S/C22H24ClNO5/c1-5-28-20-17(23)11-16(12-19(20)27-4)22(26)29-14(3)21(25)24-13(2)10-15-8-6-7-9-18(15)24/h6-9,11-14H,5,10H2,1-4H3/t13-,14+/m0/s1. The topological polar surface area (TPSA) is 65.1 Å². The van der Waals surface area contributed by atoms with Crippen LogP contribution in [0.5, 0.6) is 11.5 Å². The number of carbonyl (C=O) groups excluding carboxylic acids is 2. The molecule has 0 fully saturated rings. The van der Waals surface area contributed by atoms with E-state index < -0.39 is 12.1 Å². The van der Waals surface area contributed by atoms with Crippen LogP contribution in [0.4, 0.5) is 5.69 Å². The van der Waals surface area contributed by atoms with Gasteiger partial charge in [0.25, 0.3) is 5.91 Å². The lowest BCUT2D eigenvalue weighted by Gasteiger charge is -2.26. The van der Waals surface area contributed by atoms with E-state index in [-0.39, 0.29) is 22.5 Å². The molecule has 0 N–H and O–H groups in total. The molecular formula is C22H24ClNO5. The number of halogens is 1. The lowest BCUT2D eigenvalue weighted by molar-refractivity contribution is -0.126. The number of esters is 1. The van der Waals surface area contributed by atoms with Crippen LogP contribution in [0.1, 0.15) is 36.7 Å². The van der Waals surface area contributed by atoms with Gasteiger partial charge < -0.3 is 19.1 Å². The van der Waals surface area contributed by atoms with Gasteiger partial charge in [0.15, 0.2) is 17.6 Å². The fraction of sp³-hybridized carbons (Fsp3) is 0.364. The van der Waals surface area contributed by atoms with Crippen LogP contribution in [0.15, 0.2) is 36.4 Å². The molecule has 2 atom stereocenters. The van der Waals surface area contributed by atoms with E-state index in [9.17, 15) is 9.59 Å². The Kier molecular flexibility index (Phi) is 6.33. The minimum absolute atomic E-state index is 0.000988. The van der Waals surface area contributed by atoms with Crippen molar-refractivity contribution in [2.45, 2.75) is 39.3 Å². The number of ether oxygens (including phenoxy) is 3. The van der Waals surface area contributed by atoms with Gasteiger partial charge in [-0.25, -0.2) is 4.79 Å². The van der Waals surface area contributed by atoms with Gasteiger partial charge in [-0.15, -0.1) is 0 Å². The molecule has 7 heteroatoms. The Labute approximate surface area is 175 Å². The average Bonchev–Trinajstić information content (AvgIpc) is 3.04. The lowest BCUT2D eigenvalue weighted by atomic mass is 10.1. The summed E-state index contributed by atoms with van der Waals surface area (Å²) < 4.78 is 16.2. The number of methoxy groups -OCH3 is 1. The zero-order chi connectivity index (χ0) is 21.1. The van der Waals surface area contributed by atoms with Gasteiger partial charge in [-0.2, -0.15) is 0 Å². The van der Waals surface area contributed by atoms with Gasteiger partial charge in [-0.05, 0) is 51.0 Å². The molecular weight excluding hydrogens is 394 g/mol. The zero-order valence-electron chi connectivity index (χ0n) is 16.9. The monoisotopic (exact) mass is 417 g/mol. The van der Waals surface area contributed by atoms with Gasteiger partial charge in [0.2, 0.25) is 0 Å². The summed E-state index contributed by atoms with van der Waals surface area (Å²) in [5, 5.41) is 0.235. The van der Waals surface area contributed by atoms with Crippen LogP contribution in [0.3, 0.4) is 0 Å². The molecule has 6 nitrogen and oxygen atoms in total. The summed E-state index contributed by atoms with van der Waals surface area (Å²) in [6.45, 7) is 5.77. The van der Waals surface area contributed by atoms with Crippen LogP contribution in [-0.2, 0) is 16.0 Å². The summed E-state index contributed by atoms with van der Waals surface area (Å²) in [4.78, 5) is 27.3.